The third-order valence-electron chi connectivity index (χ3n) is 6.92. The summed E-state index contributed by atoms with van der Waals surface area (Å²) in [6, 6.07) is 8.77. The molecule has 0 aromatic heterocycles. The molecule has 1 heterocycles. The first-order valence-corrected chi connectivity index (χ1v) is 13.2. The SMILES string of the molecule is CCC1(CC(=O)O)OB(C(CC(=O)C(Cc2ccccc2)NC(=O)C(C)CP)CC2CC2)OC1=O. The molecule has 1 aliphatic heterocycles. The lowest BCUT2D eigenvalue weighted by Crippen LogP contribution is -2.45. The number of benzene rings is 1. The topological polar surface area (TPSA) is 119 Å². The van der Waals surface area contributed by atoms with E-state index in [2.05, 4.69) is 14.6 Å². The third-order valence-corrected chi connectivity index (χ3v) is 7.62. The predicted octanol–water partition coefficient (Wildman–Crippen LogP) is 3.04. The minimum atomic E-state index is -1.53. The van der Waals surface area contributed by atoms with Crippen molar-refractivity contribution < 1.29 is 33.6 Å². The number of carbonyl (C=O) groups is 4. The lowest BCUT2D eigenvalue weighted by atomic mass is 9.66. The Bertz CT molecular complexity index is 926. The highest BCUT2D eigenvalue weighted by atomic mass is 31.0. The van der Waals surface area contributed by atoms with Crippen LogP contribution in [0.4, 0.5) is 0 Å². The van der Waals surface area contributed by atoms with Crippen LogP contribution in [0, 0.1) is 11.8 Å². The fourth-order valence-corrected chi connectivity index (χ4v) is 4.61. The van der Waals surface area contributed by atoms with Crippen molar-refractivity contribution in [2.24, 2.45) is 11.8 Å². The molecule has 0 radical (unpaired) electrons. The van der Waals surface area contributed by atoms with Gasteiger partial charge in [-0.3, -0.25) is 19.2 Å². The quantitative estimate of drug-likeness (QED) is 0.296. The second-order valence-electron chi connectivity index (χ2n) is 9.81. The average molecular weight is 503 g/mol. The summed E-state index contributed by atoms with van der Waals surface area (Å²) in [5.74, 6) is -2.43. The Balaban J connectivity index is 1.78. The highest BCUT2D eigenvalue weighted by molar-refractivity contribution is 7.16. The first kappa shape index (κ1) is 27.3. The Kier molecular flexibility index (Phi) is 9.48. The van der Waals surface area contributed by atoms with Crippen molar-refractivity contribution in [1.29, 1.82) is 0 Å². The number of aliphatic carboxylic acids is 1. The van der Waals surface area contributed by atoms with Gasteiger partial charge in [-0.2, -0.15) is 0 Å². The number of rotatable bonds is 14. The van der Waals surface area contributed by atoms with E-state index in [1.165, 1.54) is 0 Å². The third kappa shape index (κ3) is 7.37. The number of carboxylic acids is 1. The second-order valence-corrected chi connectivity index (χ2v) is 10.3. The van der Waals surface area contributed by atoms with Gasteiger partial charge in [-0.25, -0.2) is 0 Å². The predicted molar refractivity (Wildman–Crippen MR) is 135 cm³/mol. The smallest absolute Gasteiger partial charge is 0.507 e. The van der Waals surface area contributed by atoms with Crippen LogP contribution >= 0.6 is 9.24 Å². The van der Waals surface area contributed by atoms with E-state index in [4.69, 9.17) is 9.31 Å². The molecule has 2 N–H and O–H groups in total. The number of Topliss-reactive ketones (excluding diaryl/α,β-unsaturated/α-hetero) is 1. The summed E-state index contributed by atoms with van der Waals surface area (Å²) in [5.41, 5.74) is -0.605. The van der Waals surface area contributed by atoms with Crippen LogP contribution in [0.3, 0.4) is 0 Å². The molecule has 8 nitrogen and oxygen atoms in total. The van der Waals surface area contributed by atoms with Gasteiger partial charge in [0.15, 0.2) is 11.4 Å². The summed E-state index contributed by atoms with van der Waals surface area (Å²) in [7, 11) is 1.56. The van der Waals surface area contributed by atoms with Gasteiger partial charge in [0.2, 0.25) is 5.91 Å². The van der Waals surface area contributed by atoms with Gasteiger partial charge in [-0.1, -0.05) is 57.0 Å². The van der Waals surface area contributed by atoms with E-state index in [9.17, 15) is 24.3 Å². The molecule has 1 aliphatic carbocycles. The maximum Gasteiger partial charge on any atom is 0.531 e. The number of amides is 1. The van der Waals surface area contributed by atoms with Gasteiger partial charge in [0.1, 0.15) is 0 Å². The van der Waals surface area contributed by atoms with Crippen molar-refractivity contribution >= 4 is 40.0 Å². The summed E-state index contributed by atoms with van der Waals surface area (Å²) in [6.45, 7) is 3.49. The van der Waals surface area contributed by atoms with Crippen LogP contribution in [-0.4, -0.2) is 53.7 Å². The van der Waals surface area contributed by atoms with E-state index in [0.717, 1.165) is 18.4 Å². The summed E-state index contributed by atoms with van der Waals surface area (Å²) < 4.78 is 11.5. The maximum atomic E-state index is 13.5. The van der Waals surface area contributed by atoms with Crippen LogP contribution < -0.4 is 5.32 Å². The fraction of sp³-hybridized carbons (Fsp3) is 0.600. The van der Waals surface area contributed by atoms with E-state index < -0.39 is 42.9 Å². The molecule has 0 spiro atoms. The molecule has 190 valence electrons. The minimum Gasteiger partial charge on any atom is -0.507 e. The normalized spacial score (nSPS) is 22.3. The largest absolute Gasteiger partial charge is 0.531 e. The number of hydrogen-bond acceptors (Lipinski definition) is 6. The molecule has 2 fully saturated rings. The van der Waals surface area contributed by atoms with E-state index >= 15 is 0 Å². The standard InChI is InChI=1S/C25H35BNO7P/c1-3-25(14-22(29)30)24(32)33-26(34-25)19(11-18-9-10-18)13-21(28)20(27-23(31)16(2)15-35)12-17-7-5-4-6-8-17/h4-8,16,18-20H,3,9-15,35H2,1-2H3,(H,27,31)(H,29,30). The van der Waals surface area contributed by atoms with Crippen LogP contribution in [-0.2, 0) is 34.9 Å². The molecule has 35 heavy (non-hydrogen) atoms. The first-order chi connectivity index (χ1) is 16.7. The van der Waals surface area contributed by atoms with E-state index in [1.54, 1.807) is 13.8 Å². The Morgan fingerprint density at radius 3 is 2.51 bits per heavy atom. The maximum absolute atomic E-state index is 13.5. The van der Waals surface area contributed by atoms with Gasteiger partial charge in [0, 0.05) is 18.2 Å². The zero-order chi connectivity index (χ0) is 25.6. The summed E-state index contributed by atoms with van der Waals surface area (Å²) in [5, 5.41) is 12.2. The average Bonchev–Trinajstić information content (AvgIpc) is 3.60. The van der Waals surface area contributed by atoms with Crippen molar-refractivity contribution in [3.8, 4) is 0 Å². The Morgan fingerprint density at radius 1 is 1.26 bits per heavy atom. The summed E-state index contributed by atoms with van der Waals surface area (Å²) in [6.07, 6.45) is 3.40. The van der Waals surface area contributed by atoms with Gasteiger partial charge in [-0.05, 0) is 36.9 Å². The van der Waals surface area contributed by atoms with Gasteiger partial charge >= 0.3 is 19.1 Å². The molecule has 1 saturated carbocycles. The summed E-state index contributed by atoms with van der Waals surface area (Å²) in [4.78, 5) is 50.2. The Hall–Kier alpha value is -2.25. The molecule has 5 unspecified atom stereocenters. The molecule has 3 rings (SSSR count). The highest BCUT2D eigenvalue weighted by Gasteiger charge is 2.56. The monoisotopic (exact) mass is 503 g/mol. The van der Waals surface area contributed by atoms with Crippen LogP contribution in [0.2, 0.25) is 5.82 Å². The van der Waals surface area contributed by atoms with Crippen LogP contribution in [0.1, 0.15) is 57.9 Å². The molecule has 5 atom stereocenters. The lowest BCUT2D eigenvalue weighted by Gasteiger charge is -2.25. The molecule has 1 saturated heterocycles. The number of nitrogens with one attached hydrogen (secondary N) is 1. The van der Waals surface area contributed by atoms with Gasteiger partial charge < -0.3 is 19.7 Å². The number of carbonyl (C=O) groups excluding carboxylic acids is 3. The van der Waals surface area contributed by atoms with Crippen LogP contribution in [0.15, 0.2) is 30.3 Å². The number of ketones is 1. The van der Waals surface area contributed by atoms with Crippen molar-refractivity contribution in [2.45, 2.75) is 76.3 Å². The molecular formula is C25H35BNO7P. The number of hydrogen-bond donors (Lipinski definition) is 2. The molecular weight excluding hydrogens is 468 g/mol. The molecule has 1 aromatic rings. The van der Waals surface area contributed by atoms with Crippen molar-refractivity contribution in [3.05, 3.63) is 35.9 Å². The molecule has 0 bridgehead atoms. The van der Waals surface area contributed by atoms with Crippen LogP contribution in [0.25, 0.3) is 0 Å². The molecule has 1 amide bonds. The molecule has 10 heteroatoms. The van der Waals surface area contributed by atoms with Gasteiger partial charge in [0.25, 0.3) is 0 Å². The lowest BCUT2D eigenvalue weighted by molar-refractivity contribution is -0.152. The fourth-order valence-electron chi connectivity index (χ4n) is 4.40. The van der Waals surface area contributed by atoms with Gasteiger partial charge in [0.05, 0.1) is 12.5 Å². The zero-order valence-electron chi connectivity index (χ0n) is 20.4. The highest BCUT2D eigenvalue weighted by Crippen LogP contribution is 2.43. The molecule has 2 aliphatic rings. The van der Waals surface area contributed by atoms with E-state index in [-0.39, 0.29) is 30.4 Å². The van der Waals surface area contributed by atoms with E-state index in [1.807, 2.05) is 30.3 Å². The zero-order valence-corrected chi connectivity index (χ0v) is 21.6. The minimum absolute atomic E-state index is 0.0638. The first-order valence-electron chi connectivity index (χ1n) is 12.3. The Labute approximate surface area is 209 Å². The molecule has 1 aromatic carbocycles. The Morgan fingerprint density at radius 2 is 1.94 bits per heavy atom. The van der Waals surface area contributed by atoms with Crippen molar-refractivity contribution in [1.82, 2.24) is 5.32 Å². The van der Waals surface area contributed by atoms with Gasteiger partial charge in [-0.15, -0.1) is 9.24 Å². The van der Waals surface area contributed by atoms with Crippen molar-refractivity contribution in [2.75, 3.05) is 6.16 Å². The summed E-state index contributed by atoms with van der Waals surface area (Å²) >= 11 is 0. The second kappa shape index (κ2) is 12.1. The van der Waals surface area contributed by atoms with Crippen LogP contribution in [0.5, 0.6) is 0 Å². The van der Waals surface area contributed by atoms with Crippen molar-refractivity contribution in [3.63, 3.8) is 0 Å². The number of carboxylic acid groups (broad SMARTS) is 1. The van der Waals surface area contributed by atoms with E-state index in [0.29, 0.717) is 24.9 Å².